The fourth-order valence-corrected chi connectivity index (χ4v) is 12.1. The highest BCUT2D eigenvalue weighted by Crippen LogP contribution is 2.44. The highest BCUT2D eigenvalue weighted by molar-refractivity contribution is 7.87. The number of fused-ring (bicyclic) bond motifs is 3. The summed E-state index contributed by atoms with van der Waals surface area (Å²) in [6, 6.07) is 11.4. The third kappa shape index (κ3) is 11.0. The zero-order chi connectivity index (χ0) is 55.8. The molecule has 0 saturated heterocycles. The van der Waals surface area contributed by atoms with Crippen molar-refractivity contribution in [1.29, 1.82) is 0 Å². The van der Waals surface area contributed by atoms with Gasteiger partial charge < -0.3 is 15.5 Å². The maximum Gasteiger partial charge on any atom is 0.297 e. The molecule has 0 saturated carbocycles. The van der Waals surface area contributed by atoms with Gasteiger partial charge in [0.2, 0.25) is 16.9 Å². The van der Waals surface area contributed by atoms with E-state index < -0.39 is 158 Å². The van der Waals surface area contributed by atoms with E-state index in [1.165, 1.54) is 12.1 Å². The third-order valence-electron chi connectivity index (χ3n) is 10.2. The highest BCUT2D eigenvalue weighted by Gasteiger charge is 2.28. The molecule has 0 fully saturated rings. The largest absolute Gasteiger partial charge is 0.505 e. The summed E-state index contributed by atoms with van der Waals surface area (Å²) >= 11 is 0.810. The fraction of sp³-hybridized carbons (Fsp3) is 0.0263. The van der Waals surface area contributed by atoms with Gasteiger partial charge in [0.1, 0.15) is 52.7 Å². The van der Waals surface area contributed by atoms with E-state index in [1.54, 1.807) is 0 Å². The average Bonchev–Trinajstić information content (AvgIpc) is 3.89. The number of anilines is 1. The van der Waals surface area contributed by atoms with Crippen LogP contribution in [-0.2, 0) is 65.5 Å². The Morgan fingerprint density at radius 2 is 1.11 bits per heavy atom. The first-order chi connectivity index (χ1) is 35.1. The van der Waals surface area contributed by atoms with Gasteiger partial charge in [-0.1, -0.05) is 23.5 Å². The Morgan fingerprint density at radius 1 is 0.539 bits per heavy atom. The Bertz CT molecular complexity index is 4680. The van der Waals surface area contributed by atoms with Crippen LogP contribution in [0.15, 0.2) is 145 Å². The lowest BCUT2D eigenvalue weighted by atomic mass is 10.1. The summed E-state index contributed by atoms with van der Waals surface area (Å²) in [5.41, 5.74) is -3.96. The molecule has 8 aromatic rings. The first kappa shape index (κ1) is 54.5. The van der Waals surface area contributed by atoms with E-state index in [0.717, 1.165) is 66.9 Å². The van der Waals surface area contributed by atoms with E-state index in [1.807, 2.05) is 0 Å². The zero-order valence-corrected chi connectivity index (χ0v) is 42.6. The minimum Gasteiger partial charge on any atom is -0.505 e. The lowest BCUT2D eigenvalue weighted by Crippen LogP contribution is -2.08. The number of aromatic nitrogens is 3. The second-order valence-corrected chi connectivity index (χ2v) is 24.6. The Kier molecular flexibility index (Phi) is 13.7. The smallest absolute Gasteiger partial charge is 0.297 e. The number of azo groups is 3. The number of nitrogens with zero attached hydrogens (tertiary/aromatic N) is 9. The van der Waals surface area contributed by atoms with Gasteiger partial charge in [0.15, 0.2) is 11.4 Å². The van der Waals surface area contributed by atoms with Crippen LogP contribution >= 0.6 is 11.3 Å². The molecule has 0 unspecified atom stereocenters. The van der Waals surface area contributed by atoms with Crippen LogP contribution in [0.3, 0.4) is 0 Å². The van der Waals surface area contributed by atoms with Gasteiger partial charge in [-0.05, 0) is 66.7 Å². The van der Waals surface area contributed by atoms with Gasteiger partial charge in [-0.25, -0.2) is 4.98 Å². The Hall–Kier alpha value is -7.73. The van der Waals surface area contributed by atoms with Crippen molar-refractivity contribution in [3.8, 4) is 17.3 Å². The normalized spacial score (nSPS) is 13.3. The molecule has 76 heavy (non-hydrogen) atoms. The minimum atomic E-state index is -5.43. The van der Waals surface area contributed by atoms with Gasteiger partial charge in [-0.3, -0.25) is 32.1 Å². The van der Waals surface area contributed by atoms with Crippen molar-refractivity contribution < 1.29 is 92.8 Å². The van der Waals surface area contributed by atoms with Crippen molar-refractivity contribution in [2.45, 2.75) is 36.3 Å². The molecule has 1 amide bonds. The van der Waals surface area contributed by atoms with Gasteiger partial charge >= 0.3 is 0 Å². The van der Waals surface area contributed by atoms with E-state index in [-0.39, 0.29) is 32.5 Å². The van der Waals surface area contributed by atoms with Crippen LogP contribution in [0, 0.1) is 0 Å². The maximum atomic E-state index is 12.8. The van der Waals surface area contributed by atoms with Crippen LogP contribution in [-0.4, -0.2) is 109 Å². The maximum absolute atomic E-state index is 12.8. The minimum absolute atomic E-state index is 0.166. The van der Waals surface area contributed by atoms with Crippen LogP contribution < -0.4 is 5.32 Å². The fourth-order valence-electron chi connectivity index (χ4n) is 7.11. The molecule has 2 aromatic heterocycles. The van der Waals surface area contributed by atoms with Crippen molar-refractivity contribution in [3.63, 3.8) is 0 Å². The lowest BCUT2D eigenvalue weighted by molar-refractivity contribution is -0.114. The first-order valence-corrected chi connectivity index (χ1v) is 29.2. The number of thiazole rings is 1. The molecule has 0 radical (unpaired) electrons. The molecule has 0 aliphatic rings. The molecule has 0 aliphatic carbocycles. The lowest BCUT2D eigenvalue weighted by Gasteiger charge is -2.13. The Balaban J connectivity index is 1.16. The monoisotopic (exact) mass is 1180 g/mol. The number of aromatic hydroxyl groups is 2. The molecule has 38 heteroatoms. The van der Waals surface area contributed by atoms with Crippen LogP contribution in [0.5, 0.6) is 11.6 Å². The topological polar surface area (TPSA) is 501 Å². The van der Waals surface area contributed by atoms with E-state index in [2.05, 4.69) is 46.1 Å². The number of rotatable bonds is 14. The first-order valence-electron chi connectivity index (χ1n) is 19.7. The number of carbonyl (C=O) groups is 1. The van der Waals surface area contributed by atoms with Crippen molar-refractivity contribution in [2.75, 3.05) is 5.32 Å². The predicted octanol–water partition coefficient (Wildman–Crippen LogP) is 6.88. The summed E-state index contributed by atoms with van der Waals surface area (Å²) in [5, 5.41) is 48.8. The molecule has 6 aromatic carbocycles. The van der Waals surface area contributed by atoms with Crippen molar-refractivity contribution in [1.82, 2.24) is 14.8 Å². The average molecular weight is 1180 g/mol. The summed E-state index contributed by atoms with van der Waals surface area (Å²) in [5.74, 6) is -2.63. The summed E-state index contributed by atoms with van der Waals surface area (Å²) in [7, 11) is -31.4. The van der Waals surface area contributed by atoms with Gasteiger partial charge in [-0.15, -0.1) is 30.7 Å². The summed E-state index contributed by atoms with van der Waals surface area (Å²) in [6.45, 7) is 1.06. The summed E-state index contributed by atoms with van der Waals surface area (Å²) in [4.78, 5) is 9.98. The van der Waals surface area contributed by atoms with E-state index in [9.17, 15) is 92.8 Å². The molecule has 31 nitrogen and oxygen atoms in total. The van der Waals surface area contributed by atoms with Gasteiger partial charge in [0.05, 0.1) is 27.2 Å². The van der Waals surface area contributed by atoms with Crippen LogP contribution in [0.4, 0.5) is 39.3 Å². The van der Waals surface area contributed by atoms with Gasteiger partial charge in [0.25, 0.3) is 60.7 Å². The number of phenolic OH excluding ortho intramolecular Hbond substituents is 1. The molecular weight excluding hydrogens is 1160 g/mol. The number of phenols is 1. The standard InChI is InChI=1S/C38H26N10O21S7/c1-16(49)40-25-13-27(33(75(64,65)66)14-26(25)44-47-38-41-34-29(70-38)3-2-4-30(34)72(55,56)57)45-42-23-7-6-20-19(35(23)50)5-8-24(36(20)76(67,68)69)43-46-28-15-39-48(37(28)51)17-9-21-22(31(10-17)73(58,59)60)11-18(71(52,53)54)12-32(21)74(61,62)63/h2-15,50-51H,1H3,(H,40,49)(H,52,53,54)(H,55,56,57)(H,58,59,60)(H,61,62,63)(H,64,65,66)(H,67,68,69). The molecule has 0 atom stereocenters. The highest BCUT2D eigenvalue weighted by atomic mass is 32.2. The summed E-state index contributed by atoms with van der Waals surface area (Å²) in [6.07, 6.45) is 0.749. The molecule has 396 valence electrons. The predicted molar refractivity (Wildman–Crippen MR) is 260 cm³/mol. The second kappa shape index (κ2) is 19.1. The van der Waals surface area contributed by atoms with E-state index >= 15 is 0 Å². The van der Waals surface area contributed by atoms with Crippen molar-refractivity contribution >= 4 is 149 Å². The van der Waals surface area contributed by atoms with Gasteiger partial charge in [-0.2, -0.15) is 60.3 Å². The number of amides is 1. The number of hydrogen-bond donors (Lipinski definition) is 9. The van der Waals surface area contributed by atoms with Crippen molar-refractivity contribution in [2.24, 2.45) is 30.7 Å². The molecule has 8 rings (SSSR count). The second-order valence-electron chi connectivity index (χ2n) is 15.2. The number of hydrogen-bond acceptors (Lipinski definition) is 24. The SMILES string of the molecule is CC(=O)Nc1cc(N=Nc2ccc3c(S(=O)(=O)O)c(N=Nc4cnn(-c5cc(S(=O)(=O)O)c6cc(S(=O)(=O)O)cc(S(=O)(=O)O)c6c5)c4O)ccc3c2O)c(S(=O)(=O)O)cc1N=Nc1nc2c(S(=O)(=O)O)cccc2s1. The number of para-hydroxylation sites is 1. The Morgan fingerprint density at radius 3 is 1.72 bits per heavy atom. The molecule has 0 spiro atoms. The van der Waals surface area contributed by atoms with Crippen LogP contribution in [0.2, 0.25) is 0 Å². The quantitative estimate of drug-likeness (QED) is 0.0395. The Labute approximate surface area is 428 Å². The third-order valence-corrected chi connectivity index (χ3v) is 16.4. The zero-order valence-electron chi connectivity index (χ0n) is 36.9. The van der Waals surface area contributed by atoms with E-state index in [0.29, 0.717) is 22.9 Å². The summed E-state index contributed by atoms with van der Waals surface area (Å²) < 4.78 is 208. The van der Waals surface area contributed by atoms with Gasteiger partial charge in [0, 0.05) is 28.5 Å². The number of carbonyl (C=O) groups excluding carboxylic acids is 1. The van der Waals surface area contributed by atoms with Crippen LogP contribution in [0.1, 0.15) is 6.92 Å². The van der Waals surface area contributed by atoms with Crippen molar-refractivity contribution in [3.05, 3.63) is 85.1 Å². The molecule has 0 bridgehead atoms. The van der Waals surface area contributed by atoms with Crippen LogP contribution in [0.25, 0.3) is 37.4 Å². The molecular formula is C38H26N10O21S7. The molecule has 0 aliphatic heterocycles. The number of nitrogens with one attached hydrogen (secondary N) is 1. The molecule has 9 N–H and O–H groups in total. The number of benzene rings is 6. The molecule has 2 heterocycles. The van der Waals surface area contributed by atoms with E-state index in [4.69, 9.17) is 0 Å².